The highest BCUT2D eigenvalue weighted by Crippen LogP contribution is 2.31. The van der Waals surface area contributed by atoms with Gasteiger partial charge in [-0.25, -0.2) is 0 Å². The predicted octanol–water partition coefficient (Wildman–Crippen LogP) is -0.163. The monoisotopic (exact) mass is 252 g/mol. The molecule has 0 fully saturated rings. The second kappa shape index (κ2) is 4.71. The van der Waals surface area contributed by atoms with Crippen molar-refractivity contribution in [1.82, 2.24) is 0 Å². The molecule has 0 bridgehead atoms. The molecule has 7 heteroatoms. The first-order chi connectivity index (χ1) is 8.52. The third kappa shape index (κ3) is 2.18. The van der Waals surface area contributed by atoms with Gasteiger partial charge in [-0.15, -0.1) is 0 Å². The van der Waals surface area contributed by atoms with Crippen molar-refractivity contribution in [2.24, 2.45) is 0 Å². The second-order valence-electron chi connectivity index (χ2n) is 4.09. The largest absolute Gasteiger partial charge is 0.394 e. The number of non-ortho nitro benzene ring substituents is 1. The molecule has 0 saturated heterocycles. The highest BCUT2D eigenvalue weighted by atomic mass is 16.6. The molecule has 1 amide bonds. The topological polar surface area (TPSA) is 104 Å². The molecule has 1 aromatic carbocycles. The van der Waals surface area contributed by atoms with Crippen LogP contribution in [0.3, 0.4) is 0 Å². The standard InChI is InChI=1S/C11H12N2O5/c14-6-9(15)5-12-10-2-1-8(13(17)18)3-7(10)4-11(12)16/h1-3,9,14-15H,4-6H2. The maximum absolute atomic E-state index is 11.7. The van der Waals surface area contributed by atoms with Crippen LogP contribution in [0.25, 0.3) is 0 Å². The van der Waals surface area contributed by atoms with Gasteiger partial charge in [0.2, 0.25) is 5.91 Å². The van der Waals surface area contributed by atoms with Crippen molar-refractivity contribution in [2.75, 3.05) is 18.1 Å². The van der Waals surface area contributed by atoms with Crippen LogP contribution in [0.4, 0.5) is 11.4 Å². The summed E-state index contributed by atoms with van der Waals surface area (Å²) in [6, 6.07) is 4.16. The lowest BCUT2D eigenvalue weighted by Gasteiger charge is -2.19. The highest BCUT2D eigenvalue weighted by Gasteiger charge is 2.29. The van der Waals surface area contributed by atoms with Crippen LogP contribution in [0.1, 0.15) is 5.56 Å². The molecule has 1 aromatic rings. The zero-order valence-corrected chi connectivity index (χ0v) is 9.44. The summed E-state index contributed by atoms with van der Waals surface area (Å²) in [4.78, 5) is 23.2. The smallest absolute Gasteiger partial charge is 0.269 e. The number of hydrogen-bond acceptors (Lipinski definition) is 5. The number of nitro groups is 1. The molecule has 0 aliphatic carbocycles. The summed E-state index contributed by atoms with van der Waals surface area (Å²) in [7, 11) is 0. The molecular weight excluding hydrogens is 240 g/mol. The molecule has 0 saturated carbocycles. The van der Waals surface area contributed by atoms with E-state index in [2.05, 4.69) is 0 Å². The fourth-order valence-electron chi connectivity index (χ4n) is 1.95. The van der Waals surface area contributed by atoms with E-state index in [9.17, 15) is 20.0 Å². The minimum Gasteiger partial charge on any atom is -0.394 e. The lowest BCUT2D eigenvalue weighted by atomic mass is 10.1. The van der Waals surface area contributed by atoms with Crippen molar-refractivity contribution in [1.29, 1.82) is 0 Å². The van der Waals surface area contributed by atoms with Crippen LogP contribution < -0.4 is 4.90 Å². The van der Waals surface area contributed by atoms with Crippen molar-refractivity contribution in [3.63, 3.8) is 0 Å². The Kier molecular flexibility index (Phi) is 3.26. The van der Waals surface area contributed by atoms with Crippen LogP contribution in [0.5, 0.6) is 0 Å². The maximum Gasteiger partial charge on any atom is 0.269 e. The molecule has 7 nitrogen and oxygen atoms in total. The number of amides is 1. The summed E-state index contributed by atoms with van der Waals surface area (Å²) in [6.07, 6.45) is -0.940. The fraction of sp³-hybridized carbons (Fsp3) is 0.364. The lowest BCUT2D eigenvalue weighted by Crippen LogP contribution is -2.36. The average Bonchev–Trinajstić information content (AvgIpc) is 2.64. The van der Waals surface area contributed by atoms with Crippen molar-refractivity contribution in [3.05, 3.63) is 33.9 Å². The first kappa shape index (κ1) is 12.5. The Hall–Kier alpha value is -1.99. The van der Waals surface area contributed by atoms with Gasteiger partial charge in [-0.3, -0.25) is 14.9 Å². The van der Waals surface area contributed by atoms with E-state index >= 15 is 0 Å². The van der Waals surface area contributed by atoms with Crippen molar-refractivity contribution in [2.45, 2.75) is 12.5 Å². The van der Waals surface area contributed by atoms with E-state index in [0.29, 0.717) is 11.3 Å². The van der Waals surface area contributed by atoms with Gasteiger partial charge in [0, 0.05) is 17.8 Å². The molecule has 96 valence electrons. The number of benzene rings is 1. The van der Waals surface area contributed by atoms with Crippen LogP contribution in [0, 0.1) is 10.1 Å². The van der Waals surface area contributed by atoms with Gasteiger partial charge in [0.05, 0.1) is 30.6 Å². The summed E-state index contributed by atoms with van der Waals surface area (Å²) in [5, 5.41) is 28.7. The van der Waals surface area contributed by atoms with Crippen LogP contribution in [-0.4, -0.2) is 40.3 Å². The van der Waals surface area contributed by atoms with E-state index in [0.717, 1.165) is 0 Å². The number of aliphatic hydroxyl groups is 2. The summed E-state index contributed by atoms with van der Waals surface area (Å²) in [5.74, 6) is -0.238. The third-order valence-corrected chi connectivity index (χ3v) is 2.81. The fourth-order valence-corrected chi connectivity index (χ4v) is 1.95. The summed E-state index contributed by atoms with van der Waals surface area (Å²) < 4.78 is 0. The van der Waals surface area contributed by atoms with Gasteiger partial charge >= 0.3 is 0 Å². The van der Waals surface area contributed by atoms with Crippen molar-refractivity contribution >= 4 is 17.3 Å². The molecular formula is C11H12N2O5. The van der Waals surface area contributed by atoms with Gasteiger partial charge in [-0.1, -0.05) is 0 Å². The Bertz CT molecular complexity index is 502. The summed E-state index contributed by atoms with van der Waals surface area (Å²) >= 11 is 0. The number of carbonyl (C=O) groups is 1. The molecule has 1 unspecified atom stereocenters. The molecule has 2 rings (SSSR count). The van der Waals surface area contributed by atoms with Gasteiger partial charge in [0.25, 0.3) is 5.69 Å². The van der Waals surface area contributed by atoms with Crippen LogP contribution in [0.15, 0.2) is 18.2 Å². The van der Waals surface area contributed by atoms with Crippen molar-refractivity contribution in [3.8, 4) is 0 Å². The Morgan fingerprint density at radius 3 is 2.83 bits per heavy atom. The molecule has 1 aliphatic rings. The summed E-state index contributed by atoms with van der Waals surface area (Å²) in [5.41, 5.74) is 1.06. The second-order valence-corrected chi connectivity index (χ2v) is 4.09. The molecule has 2 N–H and O–H groups in total. The zero-order valence-electron chi connectivity index (χ0n) is 9.44. The minimum absolute atomic E-state index is 0.0137. The van der Waals surface area contributed by atoms with E-state index in [4.69, 9.17) is 5.11 Å². The number of rotatable bonds is 4. The van der Waals surface area contributed by atoms with Gasteiger partial charge < -0.3 is 15.1 Å². The van der Waals surface area contributed by atoms with E-state index < -0.39 is 17.6 Å². The first-order valence-corrected chi connectivity index (χ1v) is 5.39. The number of aliphatic hydroxyl groups excluding tert-OH is 2. The number of nitrogens with zero attached hydrogens (tertiary/aromatic N) is 2. The third-order valence-electron chi connectivity index (χ3n) is 2.81. The molecule has 18 heavy (non-hydrogen) atoms. The number of hydrogen-bond donors (Lipinski definition) is 2. The van der Waals surface area contributed by atoms with Crippen LogP contribution >= 0.6 is 0 Å². The zero-order chi connectivity index (χ0) is 13.3. The SMILES string of the molecule is O=C1Cc2cc([N+](=O)[O-])ccc2N1CC(O)CO. The molecule has 0 spiro atoms. The average molecular weight is 252 g/mol. The Balaban J connectivity index is 2.29. The van der Waals surface area contributed by atoms with E-state index in [1.54, 1.807) is 0 Å². The lowest BCUT2D eigenvalue weighted by molar-refractivity contribution is -0.384. The van der Waals surface area contributed by atoms with E-state index in [1.807, 2.05) is 0 Å². The van der Waals surface area contributed by atoms with E-state index in [-0.39, 0.29) is 24.6 Å². The van der Waals surface area contributed by atoms with Gasteiger partial charge in [-0.2, -0.15) is 0 Å². The van der Waals surface area contributed by atoms with Crippen LogP contribution in [0.2, 0.25) is 0 Å². The minimum atomic E-state index is -1.02. The normalized spacial score (nSPS) is 15.7. The van der Waals surface area contributed by atoms with Crippen LogP contribution in [-0.2, 0) is 11.2 Å². The van der Waals surface area contributed by atoms with Crippen molar-refractivity contribution < 1.29 is 19.9 Å². The van der Waals surface area contributed by atoms with Gasteiger partial charge in [0.1, 0.15) is 0 Å². The maximum atomic E-state index is 11.7. The van der Waals surface area contributed by atoms with E-state index in [1.165, 1.54) is 23.1 Å². The Labute approximate surface area is 102 Å². The molecule has 1 atom stereocenters. The number of β-amino-alcohol motifs (C(OH)–C–C–N with tert-alkyl or cyclic N) is 1. The van der Waals surface area contributed by atoms with Gasteiger partial charge in [-0.05, 0) is 11.6 Å². The quantitative estimate of drug-likeness (QED) is 0.572. The van der Waals surface area contributed by atoms with Gasteiger partial charge in [0.15, 0.2) is 0 Å². The summed E-state index contributed by atoms with van der Waals surface area (Å²) in [6.45, 7) is -0.452. The molecule has 0 radical (unpaired) electrons. The number of anilines is 1. The molecule has 0 aromatic heterocycles. The number of nitro benzene ring substituents is 1. The number of fused-ring (bicyclic) bond motifs is 1. The number of carbonyl (C=O) groups excluding carboxylic acids is 1. The first-order valence-electron chi connectivity index (χ1n) is 5.39. The molecule has 1 aliphatic heterocycles. The Morgan fingerprint density at radius 2 is 2.22 bits per heavy atom. The Morgan fingerprint density at radius 1 is 1.50 bits per heavy atom. The highest BCUT2D eigenvalue weighted by molar-refractivity contribution is 6.01. The molecule has 1 heterocycles. The predicted molar refractivity (Wildman–Crippen MR) is 62.2 cm³/mol.